The van der Waals surface area contributed by atoms with E-state index in [9.17, 15) is 5.26 Å². The van der Waals surface area contributed by atoms with Crippen molar-refractivity contribution in [3.05, 3.63) is 169 Å². The summed E-state index contributed by atoms with van der Waals surface area (Å²) < 4.78 is 8.22. The molecule has 0 bridgehead atoms. The molecule has 0 radical (unpaired) electrons. The van der Waals surface area contributed by atoms with E-state index in [1.165, 1.54) is 20.2 Å². The lowest BCUT2D eigenvalue weighted by Crippen LogP contribution is -2.01. The van der Waals surface area contributed by atoms with Crippen molar-refractivity contribution in [2.45, 2.75) is 0 Å². The molecule has 2 aromatic heterocycles. The van der Waals surface area contributed by atoms with E-state index in [0.29, 0.717) is 23.0 Å². The fourth-order valence-electron chi connectivity index (χ4n) is 6.82. The van der Waals surface area contributed by atoms with Crippen LogP contribution in [0.15, 0.2) is 164 Å². The molecule has 0 saturated carbocycles. The molecular formula is C47H30N4OS. The van der Waals surface area contributed by atoms with Crippen molar-refractivity contribution in [2.24, 2.45) is 0 Å². The Bertz CT molecular complexity index is 2820. The minimum Gasteiger partial charge on any atom is -0.496 e. The number of hydrogen-bond donors (Lipinski definition) is 0. The van der Waals surface area contributed by atoms with Gasteiger partial charge < -0.3 is 4.74 Å². The first-order valence-corrected chi connectivity index (χ1v) is 18.1. The summed E-state index contributed by atoms with van der Waals surface area (Å²) >= 11 is 1.78. The summed E-state index contributed by atoms with van der Waals surface area (Å²) in [7, 11) is 1.70. The fraction of sp³-hybridized carbons (Fsp3) is 0.0213. The van der Waals surface area contributed by atoms with Crippen molar-refractivity contribution in [1.29, 1.82) is 5.26 Å². The van der Waals surface area contributed by atoms with E-state index >= 15 is 0 Å². The van der Waals surface area contributed by atoms with Crippen LogP contribution in [0.5, 0.6) is 5.75 Å². The van der Waals surface area contributed by atoms with E-state index in [2.05, 4.69) is 97.1 Å². The van der Waals surface area contributed by atoms with Crippen LogP contribution in [0.4, 0.5) is 0 Å². The summed E-state index contributed by atoms with van der Waals surface area (Å²) in [6.07, 6.45) is 0. The molecule has 250 valence electrons. The zero-order valence-electron chi connectivity index (χ0n) is 28.7. The number of nitriles is 1. The lowest BCUT2D eigenvalue weighted by atomic mass is 9.93. The molecule has 0 aliphatic heterocycles. The number of para-hydroxylation sites is 1. The Kier molecular flexibility index (Phi) is 8.24. The summed E-state index contributed by atoms with van der Waals surface area (Å²) in [6.45, 7) is 0. The highest BCUT2D eigenvalue weighted by Gasteiger charge is 2.19. The van der Waals surface area contributed by atoms with Crippen molar-refractivity contribution in [2.75, 3.05) is 7.11 Å². The highest BCUT2D eigenvalue weighted by atomic mass is 32.1. The molecule has 0 N–H and O–H groups in total. The van der Waals surface area contributed by atoms with Crippen LogP contribution >= 0.6 is 11.3 Å². The molecule has 9 rings (SSSR count). The second kappa shape index (κ2) is 13.6. The van der Waals surface area contributed by atoms with Gasteiger partial charge in [-0.2, -0.15) is 5.26 Å². The maximum Gasteiger partial charge on any atom is 0.164 e. The molecule has 6 heteroatoms. The van der Waals surface area contributed by atoms with Gasteiger partial charge in [0, 0.05) is 42.4 Å². The van der Waals surface area contributed by atoms with E-state index in [-0.39, 0.29) is 0 Å². The normalized spacial score (nSPS) is 11.1. The molecule has 0 fully saturated rings. The van der Waals surface area contributed by atoms with Crippen molar-refractivity contribution >= 4 is 31.5 Å². The Labute approximate surface area is 311 Å². The predicted molar refractivity (Wildman–Crippen MR) is 217 cm³/mol. The molecule has 0 unspecified atom stereocenters. The maximum absolute atomic E-state index is 9.27. The first kappa shape index (κ1) is 32.0. The second-order valence-electron chi connectivity index (χ2n) is 12.7. The summed E-state index contributed by atoms with van der Waals surface area (Å²) in [6, 6.07) is 57.9. The number of thiophene rings is 1. The average molecular weight is 699 g/mol. The van der Waals surface area contributed by atoms with Gasteiger partial charge in [-0.25, -0.2) is 15.0 Å². The number of rotatable bonds is 7. The summed E-state index contributed by atoms with van der Waals surface area (Å²) in [5.74, 6) is 2.58. The van der Waals surface area contributed by atoms with Crippen molar-refractivity contribution < 1.29 is 4.74 Å². The molecule has 0 spiro atoms. The van der Waals surface area contributed by atoms with Gasteiger partial charge in [-0.1, -0.05) is 127 Å². The van der Waals surface area contributed by atoms with Gasteiger partial charge in [-0.15, -0.1) is 11.3 Å². The number of benzene rings is 7. The van der Waals surface area contributed by atoms with E-state index in [1.54, 1.807) is 18.4 Å². The van der Waals surface area contributed by atoms with Gasteiger partial charge in [0.05, 0.1) is 18.7 Å². The van der Waals surface area contributed by atoms with E-state index in [1.807, 2.05) is 72.8 Å². The number of ether oxygens (including phenoxy) is 1. The van der Waals surface area contributed by atoms with Gasteiger partial charge in [0.1, 0.15) is 5.75 Å². The number of methoxy groups -OCH3 is 1. The number of aromatic nitrogens is 3. The van der Waals surface area contributed by atoms with Gasteiger partial charge in [-0.3, -0.25) is 0 Å². The van der Waals surface area contributed by atoms with Gasteiger partial charge in [-0.05, 0) is 64.2 Å². The predicted octanol–water partition coefficient (Wildman–Crippen LogP) is 12.1. The molecule has 5 nitrogen and oxygen atoms in total. The van der Waals surface area contributed by atoms with Crippen LogP contribution < -0.4 is 4.74 Å². The quantitative estimate of drug-likeness (QED) is 0.166. The lowest BCUT2D eigenvalue weighted by Gasteiger charge is -2.15. The summed E-state index contributed by atoms with van der Waals surface area (Å²) in [5.41, 5.74) is 9.46. The third-order valence-corrected chi connectivity index (χ3v) is 10.7. The van der Waals surface area contributed by atoms with Crippen LogP contribution in [0.2, 0.25) is 0 Å². The van der Waals surface area contributed by atoms with Crippen LogP contribution in [-0.2, 0) is 0 Å². The van der Waals surface area contributed by atoms with E-state index in [0.717, 1.165) is 55.8 Å². The highest BCUT2D eigenvalue weighted by molar-refractivity contribution is 7.25. The van der Waals surface area contributed by atoms with Gasteiger partial charge in [0.15, 0.2) is 17.5 Å². The maximum atomic E-state index is 9.27. The first-order chi connectivity index (χ1) is 26.1. The molecular weight excluding hydrogens is 669 g/mol. The third kappa shape index (κ3) is 6.10. The Balaban J connectivity index is 1.24. The molecule has 0 atom stereocenters. The minimum absolute atomic E-state index is 0.577. The van der Waals surface area contributed by atoms with Crippen LogP contribution in [0.3, 0.4) is 0 Å². The van der Waals surface area contributed by atoms with E-state index < -0.39 is 0 Å². The Morgan fingerprint density at radius 3 is 1.83 bits per heavy atom. The fourth-order valence-corrected chi connectivity index (χ4v) is 7.96. The summed E-state index contributed by atoms with van der Waals surface area (Å²) in [5, 5.41) is 11.7. The monoisotopic (exact) mass is 698 g/mol. The highest BCUT2D eigenvalue weighted by Crippen LogP contribution is 2.40. The van der Waals surface area contributed by atoms with Gasteiger partial charge in [0.2, 0.25) is 0 Å². The molecule has 9 aromatic rings. The largest absolute Gasteiger partial charge is 0.496 e. The standard InChI is InChI=1S/C47H30N4OS/c1-52-42-13-7-5-11-38(42)35-23-25-37(33-21-19-32(20-22-33)31-17-15-30(29-48)16-18-31)41(27-35)47-50-45(34-9-3-2-4-10-34)49-46(51-47)36-24-26-40-39-12-6-8-14-43(39)53-44(40)28-36/h2-28H,1H3. The smallest absolute Gasteiger partial charge is 0.164 e. The van der Waals surface area contributed by atoms with Crippen LogP contribution in [-0.4, -0.2) is 22.1 Å². The van der Waals surface area contributed by atoms with E-state index in [4.69, 9.17) is 19.7 Å². The third-order valence-electron chi connectivity index (χ3n) is 9.53. The molecule has 53 heavy (non-hydrogen) atoms. The van der Waals surface area contributed by atoms with Crippen LogP contribution in [0.1, 0.15) is 5.56 Å². The second-order valence-corrected chi connectivity index (χ2v) is 13.8. The average Bonchev–Trinajstić information content (AvgIpc) is 3.62. The van der Waals surface area contributed by atoms with Gasteiger partial charge in [0.25, 0.3) is 0 Å². The lowest BCUT2D eigenvalue weighted by molar-refractivity contribution is 0.416. The number of fused-ring (bicyclic) bond motifs is 3. The first-order valence-electron chi connectivity index (χ1n) is 17.3. The van der Waals surface area contributed by atoms with Crippen molar-refractivity contribution in [3.63, 3.8) is 0 Å². The molecule has 2 heterocycles. The number of nitrogens with zero attached hydrogens (tertiary/aromatic N) is 4. The van der Waals surface area contributed by atoms with Gasteiger partial charge >= 0.3 is 0 Å². The topological polar surface area (TPSA) is 71.7 Å². The minimum atomic E-state index is 0.577. The SMILES string of the molecule is COc1ccccc1-c1ccc(-c2ccc(-c3ccc(C#N)cc3)cc2)c(-c2nc(-c3ccccc3)nc(-c3ccc4c(c3)sc3ccccc34)n2)c1. The zero-order valence-corrected chi connectivity index (χ0v) is 29.5. The Hall–Kier alpha value is -6.94. The van der Waals surface area contributed by atoms with Crippen LogP contribution in [0, 0.1) is 11.3 Å². The summed E-state index contributed by atoms with van der Waals surface area (Å²) in [4.78, 5) is 15.5. The zero-order chi connectivity index (χ0) is 35.7. The molecule has 0 amide bonds. The van der Waals surface area contributed by atoms with Crippen molar-refractivity contribution in [3.8, 4) is 79.4 Å². The molecule has 7 aromatic carbocycles. The van der Waals surface area contributed by atoms with Crippen LogP contribution in [0.25, 0.3) is 87.7 Å². The molecule has 0 aliphatic carbocycles. The molecule has 0 saturated heterocycles. The molecule has 0 aliphatic rings. The van der Waals surface area contributed by atoms with Crippen molar-refractivity contribution in [1.82, 2.24) is 15.0 Å². The Morgan fingerprint density at radius 2 is 1.06 bits per heavy atom. The number of hydrogen-bond acceptors (Lipinski definition) is 6. The Morgan fingerprint density at radius 1 is 0.453 bits per heavy atom.